The summed E-state index contributed by atoms with van der Waals surface area (Å²) in [4.78, 5) is 23.1. The number of carbonyl (C=O) groups is 2. The van der Waals surface area contributed by atoms with E-state index < -0.39 is 5.97 Å². The van der Waals surface area contributed by atoms with Crippen LogP contribution >= 0.6 is 0 Å². The number of amides is 1. The van der Waals surface area contributed by atoms with E-state index >= 15 is 0 Å². The highest BCUT2D eigenvalue weighted by atomic mass is 16.4. The van der Waals surface area contributed by atoms with Crippen LogP contribution in [-0.2, 0) is 18.3 Å². The molecule has 0 radical (unpaired) electrons. The number of nitrogens with zero attached hydrogens (tertiary/aromatic N) is 2. The molecule has 0 saturated carbocycles. The average molecular weight is 301 g/mol. The minimum Gasteiger partial charge on any atom is -0.481 e. The zero-order chi connectivity index (χ0) is 16.3. The molecule has 1 aromatic heterocycles. The van der Waals surface area contributed by atoms with Crippen LogP contribution in [0.25, 0.3) is 0 Å². The Morgan fingerprint density at radius 3 is 2.64 bits per heavy atom. The van der Waals surface area contributed by atoms with Crippen LogP contribution in [0.5, 0.6) is 0 Å². The second kappa shape index (κ2) is 6.43. The first-order valence-electron chi connectivity index (χ1n) is 7.03. The Kier molecular flexibility index (Phi) is 4.60. The van der Waals surface area contributed by atoms with Crippen molar-refractivity contribution in [2.75, 3.05) is 5.32 Å². The Morgan fingerprint density at radius 2 is 2.05 bits per heavy atom. The molecule has 0 spiro atoms. The molecule has 116 valence electrons. The third kappa shape index (κ3) is 3.72. The fraction of sp³-hybridized carbons (Fsp3) is 0.312. The topological polar surface area (TPSA) is 84.2 Å². The van der Waals surface area contributed by atoms with Crippen LogP contribution in [0.15, 0.2) is 30.3 Å². The van der Waals surface area contributed by atoms with E-state index in [0.29, 0.717) is 16.9 Å². The number of anilines is 1. The Hall–Kier alpha value is -2.63. The summed E-state index contributed by atoms with van der Waals surface area (Å²) in [5, 5.41) is 15.9. The molecule has 0 atom stereocenters. The molecule has 0 aliphatic heterocycles. The number of nitrogens with one attached hydrogen (secondary N) is 1. The summed E-state index contributed by atoms with van der Waals surface area (Å²) in [5.41, 5.74) is 2.52. The highest BCUT2D eigenvalue weighted by molar-refractivity contribution is 6.03. The number of carboxylic acids is 1. The number of hydrogen-bond acceptors (Lipinski definition) is 3. The molecule has 2 aromatic rings. The van der Waals surface area contributed by atoms with Gasteiger partial charge in [0.2, 0.25) is 0 Å². The van der Waals surface area contributed by atoms with Crippen molar-refractivity contribution in [2.24, 2.45) is 7.05 Å². The van der Waals surface area contributed by atoms with Crippen LogP contribution in [0.2, 0.25) is 0 Å². The Morgan fingerprint density at radius 1 is 1.32 bits per heavy atom. The molecule has 0 bridgehead atoms. The lowest BCUT2D eigenvalue weighted by Gasteiger charge is -2.06. The van der Waals surface area contributed by atoms with E-state index in [1.165, 1.54) is 0 Å². The predicted molar refractivity (Wildman–Crippen MR) is 83.0 cm³/mol. The maximum atomic E-state index is 12.3. The smallest absolute Gasteiger partial charge is 0.307 e. The van der Waals surface area contributed by atoms with Crippen molar-refractivity contribution < 1.29 is 14.7 Å². The minimum atomic E-state index is -0.906. The predicted octanol–water partition coefficient (Wildman–Crippen LogP) is 2.42. The number of aliphatic carboxylic acids is 1. The minimum absolute atomic E-state index is 0.0765. The summed E-state index contributed by atoms with van der Waals surface area (Å²) in [6.07, 6.45) is -0.0765. The molecular formula is C16H19N3O3. The van der Waals surface area contributed by atoms with Crippen LogP contribution in [0, 0.1) is 0 Å². The average Bonchev–Trinajstić information content (AvgIpc) is 2.80. The van der Waals surface area contributed by atoms with Gasteiger partial charge in [0.05, 0.1) is 12.1 Å². The third-order valence-electron chi connectivity index (χ3n) is 3.26. The molecular weight excluding hydrogens is 282 g/mol. The summed E-state index contributed by atoms with van der Waals surface area (Å²) in [6.45, 7) is 4.03. The largest absolute Gasteiger partial charge is 0.481 e. The maximum absolute atomic E-state index is 12.3. The zero-order valence-corrected chi connectivity index (χ0v) is 12.8. The number of carbonyl (C=O) groups excluding carboxylic acids is 1. The third-order valence-corrected chi connectivity index (χ3v) is 3.26. The molecule has 1 amide bonds. The molecule has 6 nitrogen and oxygen atoms in total. The van der Waals surface area contributed by atoms with Crippen molar-refractivity contribution in [3.8, 4) is 0 Å². The Balaban J connectivity index is 2.16. The van der Waals surface area contributed by atoms with Gasteiger partial charge in [-0.25, -0.2) is 0 Å². The first-order chi connectivity index (χ1) is 10.4. The van der Waals surface area contributed by atoms with Crippen LogP contribution in [-0.4, -0.2) is 26.8 Å². The summed E-state index contributed by atoms with van der Waals surface area (Å²) in [6, 6.07) is 8.58. The van der Waals surface area contributed by atoms with Gasteiger partial charge in [-0.2, -0.15) is 5.10 Å². The number of aromatic nitrogens is 2. The number of benzene rings is 1. The van der Waals surface area contributed by atoms with E-state index in [4.69, 9.17) is 5.11 Å². The van der Waals surface area contributed by atoms with Gasteiger partial charge >= 0.3 is 5.97 Å². The number of carboxylic acid groups (broad SMARTS) is 1. The second-order valence-corrected chi connectivity index (χ2v) is 5.46. The molecule has 1 aromatic carbocycles. The molecule has 0 fully saturated rings. The van der Waals surface area contributed by atoms with Crippen molar-refractivity contribution in [1.82, 2.24) is 9.78 Å². The van der Waals surface area contributed by atoms with Crippen LogP contribution < -0.4 is 5.32 Å². The first kappa shape index (κ1) is 15.8. The Bertz CT molecular complexity index is 704. The van der Waals surface area contributed by atoms with Crippen molar-refractivity contribution in [3.63, 3.8) is 0 Å². The van der Waals surface area contributed by atoms with Gasteiger partial charge in [0.25, 0.3) is 5.91 Å². The van der Waals surface area contributed by atoms with Crippen molar-refractivity contribution in [3.05, 3.63) is 47.3 Å². The second-order valence-electron chi connectivity index (χ2n) is 5.46. The summed E-state index contributed by atoms with van der Waals surface area (Å²) >= 11 is 0. The quantitative estimate of drug-likeness (QED) is 0.888. The van der Waals surface area contributed by atoms with Gasteiger partial charge in [-0.15, -0.1) is 0 Å². The summed E-state index contributed by atoms with van der Waals surface area (Å²) < 4.78 is 1.55. The van der Waals surface area contributed by atoms with Crippen molar-refractivity contribution >= 4 is 17.6 Å². The van der Waals surface area contributed by atoms with Gasteiger partial charge in [0.15, 0.2) is 0 Å². The van der Waals surface area contributed by atoms with Crippen LogP contribution in [0.1, 0.15) is 41.5 Å². The SMILES string of the molecule is CC(C)c1cc(C(=O)Nc2cccc(CC(=O)O)c2)n(C)n1. The van der Waals surface area contributed by atoms with E-state index in [1.807, 2.05) is 13.8 Å². The lowest BCUT2D eigenvalue weighted by atomic mass is 10.1. The molecule has 0 saturated heterocycles. The van der Waals surface area contributed by atoms with E-state index in [9.17, 15) is 9.59 Å². The number of rotatable bonds is 5. The van der Waals surface area contributed by atoms with E-state index in [2.05, 4.69) is 10.4 Å². The van der Waals surface area contributed by atoms with Gasteiger partial charge < -0.3 is 10.4 Å². The molecule has 1 heterocycles. The highest BCUT2D eigenvalue weighted by Crippen LogP contribution is 2.16. The maximum Gasteiger partial charge on any atom is 0.307 e. The fourth-order valence-electron chi connectivity index (χ4n) is 2.11. The summed E-state index contributed by atoms with van der Waals surface area (Å²) in [7, 11) is 1.72. The first-order valence-corrected chi connectivity index (χ1v) is 7.03. The van der Waals surface area contributed by atoms with Gasteiger partial charge in [-0.3, -0.25) is 14.3 Å². The lowest BCUT2D eigenvalue weighted by Crippen LogP contribution is -2.16. The zero-order valence-electron chi connectivity index (χ0n) is 12.8. The summed E-state index contributed by atoms with van der Waals surface area (Å²) in [5.74, 6) is -0.933. The van der Waals surface area contributed by atoms with Crippen molar-refractivity contribution in [1.29, 1.82) is 0 Å². The molecule has 0 aliphatic rings. The molecule has 6 heteroatoms. The molecule has 2 N–H and O–H groups in total. The standard InChI is InChI=1S/C16H19N3O3/c1-10(2)13-9-14(19(3)18-13)16(22)17-12-6-4-5-11(7-12)8-15(20)21/h4-7,9-10H,8H2,1-3H3,(H,17,22)(H,20,21). The van der Waals surface area contributed by atoms with E-state index in [1.54, 1.807) is 42.1 Å². The lowest BCUT2D eigenvalue weighted by molar-refractivity contribution is -0.136. The van der Waals surface area contributed by atoms with Gasteiger partial charge in [-0.05, 0) is 29.7 Å². The molecule has 22 heavy (non-hydrogen) atoms. The molecule has 0 aliphatic carbocycles. The number of aryl methyl sites for hydroxylation is 1. The van der Waals surface area contributed by atoms with Crippen LogP contribution in [0.3, 0.4) is 0 Å². The van der Waals surface area contributed by atoms with Crippen LogP contribution in [0.4, 0.5) is 5.69 Å². The number of hydrogen-bond donors (Lipinski definition) is 2. The van der Waals surface area contributed by atoms with Crippen molar-refractivity contribution in [2.45, 2.75) is 26.2 Å². The Labute approximate surface area is 128 Å². The normalized spacial score (nSPS) is 10.7. The monoisotopic (exact) mass is 301 g/mol. The fourth-order valence-corrected chi connectivity index (χ4v) is 2.11. The van der Waals surface area contributed by atoms with E-state index in [-0.39, 0.29) is 18.2 Å². The van der Waals surface area contributed by atoms with Gasteiger partial charge in [0, 0.05) is 12.7 Å². The van der Waals surface area contributed by atoms with Gasteiger partial charge in [0.1, 0.15) is 5.69 Å². The highest BCUT2D eigenvalue weighted by Gasteiger charge is 2.15. The van der Waals surface area contributed by atoms with Gasteiger partial charge in [-0.1, -0.05) is 26.0 Å². The van der Waals surface area contributed by atoms with E-state index in [0.717, 1.165) is 5.69 Å². The molecule has 0 unspecified atom stereocenters. The molecule has 2 rings (SSSR count).